The van der Waals surface area contributed by atoms with Crippen molar-refractivity contribution in [3.8, 4) is 0 Å². The van der Waals surface area contributed by atoms with Crippen LogP contribution in [0, 0.1) is 0 Å². The fourth-order valence-electron chi connectivity index (χ4n) is 1.63. The van der Waals surface area contributed by atoms with Crippen LogP contribution >= 0.6 is 0 Å². The van der Waals surface area contributed by atoms with Crippen molar-refractivity contribution in [3.63, 3.8) is 0 Å². The topological polar surface area (TPSA) is 82.2 Å². The van der Waals surface area contributed by atoms with E-state index in [2.05, 4.69) is 20.3 Å². The molecule has 0 aliphatic heterocycles. The van der Waals surface area contributed by atoms with Gasteiger partial charge in [0.1, 0.15) is 17.9 Å². The summed E-state index contributed by atoms with van der Waals surface area (Å²) in [6, 6.07) is 3.35. The minimum atomic E-state index is -0.467. The molecule has 1 N–H and O–H groups in total. The molecule has 7 nitrogen and oxygen atoms in total. The summed E-state index contributed by atoms with van der Waals surface area (Å²) in [4.78, 5) is 11.2. The SMILES string of the molecule is COC(=O)c1ccc(CNCCc2nncn2C)o1. The number of carbonyl (C=O) groups excluding carboxylic acids is 1. The van der Waals surface area contributed by atoms with Crippen LogP contribution in [-0.2, 0) is 24.8 Å². The maximum Gasteiger partial charge on any atom is 0.373 e. The highest BCUT2D eigenvalue weighted by molar-refractivity contribution is 5.86. The van der Waals surface area contributed by atoms with Crippen LogP contribution < -0.4 is 5.32 Å². The largest absolute Gasteiger partial charge is 0.463 e. The van der Waals surface area contributed by atoms with Crippen LogP contribution in [0.15, 0.2) is 22.9 Å². The molecule has 0 aromatic carbocycles. The lowest BCUT2D eigenvalue weighted by atomic mass is 10.3. The molecule has 0 saturated carbocycles. The first-order chi connectivity index (χ1) is 9.20. The molecule has 0 saturated heterocycles. The molecule has 0 unspecified atom stereocenters. The molecule has 7 heteroatoms. The molecule has 0 amide bonds. The minimum Gasteiger partial charge on any atom is -0.463 e. The average molecular weight is 264 g/mol. The van der Waals surface area contributed by atoms with Gasteiger partial charge in [0, 0.05) is 20.0 Å². The number of hydrogen-bond acceptors (Lipinski definition) is 6. The van der Waals surface area contributed by atoms with Crippen molar-refractivity contribution in [2.24, 2.45) is 7.05 Å². The molecule has 19 heavy (non-hydrogen) atoms. The molecule has 0 atom stereocenters. The van der Waals surface area contributed by atoms with Crippen molar-refractivity contribution in [2.45, 2.75) is 13.0 Å². The number of aromatic nitrogens is 3. The highest BCUT2D eigenvalue weighted by Crippen LogP contribution is 2.08. The van der Waals surface area contributed by atoms with E-state index < -0.39 is 5.97 Å². The van der Waals surface area contributed by atoms with Gasteiger partial charge in [0.25, 0.3) is 0 Å². The summed E-state index contributed by atoms with van der Waals surface area (Å²) in [5.41, 5.74) is 0. The van der Waals surface area contributed by atoms with Crippen LogP contribution in [-0.4, -0.2) is 34.4 Å². The highest BCUT2D eigenvalue weighted by Gasteiger charge is 2.10. The lowest BCUT2D eigenvalue weighted by Crippen LogP contribution is -2.17. The zero-order valence-corrected chi connectivity index (χ0v) is 10.9. The number of ether oxygens (including phenoxy) is 1. The molecule has 2 rings (SSSR count). The van der Waals surface area contributed by atoms with E-state index in [0.29, 0.717) is 12.3 Å². The van der Waals surface area contributed by atoms with E-state index in [-0.39, 0.29) is 5.76 Å². The van der Waals surface area contributed by atoms with Crippen LogP contribution in [0.25, 0.3) is 0 Å². The summed E-state index contributed by atoms with van der Waals surface area (Å²) >= 11 is 0. The molecule has 0 aliphatic rings. The second-order valence-electron chi connectivity index (χ2n) is 4.04. The number of rotatable bonds is 6. The number of furan rings is 1. The standard InChI is InChI=1S/C12H16N4O3/c1-16-8-14-15-11(16)5-6-13-7-9-3-4-10(19-9)12(17)18-2/h3-4,8,13H,5-7H2,1-2H3. The maximum absolute atomic E-state index is 11.2. The van der Waals surface area contributed by atoms with Crippen LogP contribution in [0.3, 0.4) is 0 Å². The van der Waals surface area contributed by atoms with E-state index in [0.717, 1.165) is 18.8 Å². The van der Waals surface area contributed by atoms with Gasteiger partial charge in [-0.3, -0.25) is 0 Å². The fourth-order valence-corrected chi connectivity index (χ4v) is 1.63. The third-order valence-corrected chi connectivity index (χ3v) is 2.68. The van der Waals surface area contributed by atoms with Gasteiger partial charge in [-0.05, 0) is 12.1 Å². The average Bonchev–Trinajstić information content (AvgIpc) is 3.03. The number of methoxy groups -OCH3 is 1. The predicted molar refractivity (Wildman–Crippen MR) is 66.5 cm³/mol. The summed E-state index contributed by atoms with van der Waals surface area (Å²) in [6.45, 7) is 1.30. The van der Waals surface area contributed by atoms with E-state index in [1.165, 1.54) is 7.11 Å². The Morgan fingerprint density at radius 1 is 1.53 bits per heavy atom. The van der Waals surface area contributed by atoms with Gasteiger partial charge in [0.15, 0.2) is 0 Å². The first-order valence-electron chi connectivity index (χ1n) is 5.91. The lowest BCUT2D eigenvalue weighted by Gasteiger charge is -2.02. The van der Waals surface area contributed by atoms with Crippen molar-refractivity contribution in [3.05, 3.63) is 35.8 Å². The number of esters is 1. The van der Waals surface area contributed by atoms with Gasteiger partial charge in [0.2, 0.25) is 5.76 Å². The summed E-state index contributed by atoms with van der Waals surface area (Å²) in [7, 11) is 3.23. The number of nitrogens with zero attached hydrogens (tertiary/aromatic N) is 3. The third-order valence-electron chi connectivity index (χ3n) is 2.68. The van der Waals surface area contributed by atoms with Crippen LogP contribution in [0.4, 0.5) is 0 Å². The Morgan fingerprint density at radius 3 is 3.05 bits per heavy atom. The first kappa shape index (κ1) is 13.3. The Labute approximate surface area is 110 Å². The molecule has 0 radical (unpaired) electrons. The van der Waals surface area contributed by atoms with Gasteiger partial charge in [-0.25, -0.2) is 4.79 Å². The lowest BCUT2D eigenvalue weighted by molar-refractivity contribution is 0.0563. The van der Waals surface area contributed by atoms with Crippen LogP contribution in [0.1, 0.15) is 22.1 Å². The summed E-state index contributed by atoms with van der Waals surface area (Å²) in [6.07, 6.45) is 2.45. The smallest absolute Gasteiger partial charge is 0.373 e. The van der Waals surface area contributed by atoms with Crippen LogP contribution in [0.2, 0.25) is 0 Å². The van der Waals surface area contributed by atoms with E-state index >= 15 is 0 Å². The number of hydrogen-bond donors (Lipinski definition) is 1. The minimum absolute atomic E-state index is 0.215. The van der Waals surface area contributed by atoms with Crippen molar-refractivity contribution < 1.29 is 13.9 Å². The zero-order chi connectivity index (χ0) is 13.7. The quantitative estimate of drug-likeness (QED) is 0.605. The molecule has 2 aromatic rings. The number of nitrogens with one attached hydrogen (secondary N) is 1. The Balaban J connectivity index is 1.75. The van der Waals surface area contributed by atoms with Gasteiger partial charge >= 0.3 is 5.97 Å². The number of carbonyl (C=O) groups is 1. The monoisotopic (exact) mass is 264 g/mol. The van der Waals surface area contributed by atoms with Crippen molar-refractivity contribution >= 4 is 5.97 Å². The first-order valence-corrected chi connectivity index (χ1v) is 5.91. The third kappa shape index (κ3) is 3.41. The maximum atomic E-state index is 11.2. The van der Waals surface area contributed by atoms with Crippen LogP contribution in [0.5, 0.6) is 0 Å². The molecule has 2 heterocycles. The van der Waals surface area contributed by atoms with Gasteiger partial charge in [-0.1, -0.05) is 0 Å². The molecular weight excluding hydrogens is 248 g/mol. The number of aryl methyl sites for hydroxylation is 1. The second kappa shape index (κ2) is 6.14. The van der Waals surface area contributed by atoms with E-state index in [1.54, 1.807) is 18.5 Å². The fraction of sp³-hybridized carbons (Fsp3) is 0.417. The van der Waals surface area contributed by atoms with Gasteiger partial charge < -0.3 is 19.0 Å². The normalized spacial score (nSPS) is 10.6. The van der Waals surface area contributed by atoms with E-state index in [4.69, 9.17) is 4.42 Å². The second-order valence-corrected chi connectivity index (χ2v) is 4.04. The Kier molecular flexibility index (Phi) is 4.30. The van der Waals surface area contributed by atoms with Crippen molar-refractivity contribution in [1.29, 1.82) is 0 Å². The Morgan fingerprint density at radius 2 is 2.37 bits per heavy atom. The molecule has 102 valence electrons. The van der Waals surface area contributed by atoms with Crippen molar-refractivity contribution in [2.75, 3.05) is 13.7 Å². The van der Waals surface area contributed by atoms with Gasteiger partial charge in [-0.15, -0.1) is 10.2 Å². The molecule has 0 fully saturated rings. The van der Waals surface area contributed by atoms with Gasteiger partial charge in [0.05, 0.1) is 13.7 Å². The highest BCUT2D eigenvalue weighted by atomic mass is 16.5. The Bertz CT molecular complexity index is 547. The predicted octanol–water partition coefficient (Wildman–Crippen LogP) is 0.527. The van der Waals surface area contributed by atoms with Crippen molar-refractivity contribution in [1.82, 2.24) is 20.1 Å². The zero-order valence-electron chi connectivity index (χ0n) is 10.9. The van der Waals surface area contributed by atoms with E-state index in [1.807, 2.05) is 11.6 Å². The summed E-state index contributed by atoms with van der Waals surface area (Å²) in [5.74, 6) is 1.36. The summed E-state index contributed by atoms with van der Waals surface area (Å²) < 4.78 is 11.8. The van der Waals surface area contributed by atoms with Gasteiger partial charge in [-0.2, -0.15) is 0 Å². The molecule has 2 aromatic heterocycles. The summed E-state index contributed by atoms with van der Waals surface area (Å²) in [5, 5.41) is 11.0. The molecular formula is C12H16N4O3. The molecule has 0 spiro atoms. The van der Waals surface area contributed by atoms with E-state index in [9.17, 15) is 4.79 Å². The molecule has 0 bridgehead atoms. The molecule has 0 aliphatic carbocycles. The Hall–Kier alpha value is -2.15.